The molecule has 1 aromatic rings. The van der Waals surface area contributed by atoms with Crippen molar-refractivity contribution in [1.82, 2.24) is 5.43 Å². The van der Waals surface area contributed by atoms with E-state index >= 15 is 0 Å². The van der Waals surface area contributed by atoms with Crippen LogP contribution in [0.1, 0.15) is 25.8 Å². The van der Waals surface area contributed by atoms with Crippen LogP contribution in [0.4, 0.5) is 5.69 Å². The Bertz CT molecular complexity index is 584. The van der Waals surface area contributed by atoms with E-state index in [-0.39, 0.29) is 5.69 Å². The van der Waals surface area contributed by atoms with E-state index in [1.165, 1.54) is 6.07 Å². The molecule has 0 radical (unpaired) electrons. The number of aliphatic imine (C=N–C) groups is 1. The summed E-state index contributed by atoms with van der Waals surface area (Å²) in [7, 11) is 0. The molecule has 1 aliphatic rings. The molecule has 21 heavy (non-hydrogen) atoms. The highest BCUT2D eigenvalue weighted by molar-refractivity contribution is 8.14. The Balaban J connectivity index is 2.02. The molecule has 0 unspecified atom stereocenters. The molecule has 7 heteroatoms. The fourth-order valence-electron chi connectivity index (χ4n) is 1.77. The number of nitrogens with one attached hydrogen (secondary N) is 1. The zero-order valence-electron chi connectivity index (χ0n) is 12.1. The largest absolute Gasteiger partial charge is 0.270 e. The van der Waals surface area contributed by atoms with E-state index in [0.29, 0.717) is 11.7 Å². The molecule has 6 nitrogen and oxygen atoms in total. The summed E-state index contributed by atoms with van der Waals surface area (Å²) in [6, 6.07) is 6.52. The number of nitro benzene ring substituents is 1. The van der Waals surface area contributed by atoms with Crippen molar-refractivity contribution in [3.05, 3.63) is 39.9 Å². The number of hydrazone groups is 1. The third kappa shape index (κ3) is 4.56. The molecule has 0 fully saturated rings. The van der Waals surface area contributed by atoms with Crippen molar-refractivity contribution < 1.29 is 4.92 Å². The van der Waals surface area contributed by atoms with Gasteiger partial charge in [0.1, 0.15) is 0 Å². The van der Waals surface area contributed by atoms with Crippen molar-refractivity contribution in [1.29, 1.82) is 0 Å². The van der Waals surface area contributed by atoms with Crippen LogP contribution in [-0.2, 0) is 0 Å². The first-order chi connectivity index (χ1) is 10.1. The van der Waals surface area contributed by atoms with Crippen LogP contribution >= 0.6 is 11.8 Å². The number of benzene rings is 1. The minimum absolute atomic E-state index is 0.0802. The first-order valence-corrected chi connectivity index (χ1v) is 7.79. The maximum atomic E-state index is 10.8. The molecule has 0 bridgehead atoms. The van der Waals surface area contributed by atoms with Gasteiger partial charge < -0.3 is 0 Å². The minimum atomic E-state index is -0.397. The number of amidine groups is 1. The Hall–Kier alpha value is -1.89. The van der Waals surface area contributed by atoms with Gasteiger partial charge in [0.05, 0.1) is 10.6 Å². The van der Waals surface area contributed by atoms with E-state index in [1.807, 2.05) is 6.07 Å². The molecule has 0 amide bonds. The van der Waals surface area contributed by atoms with E-state index in [4.69, 9.17) is 0 Å². The number of non-ortho nitro benzene ring substituents is 1. The second-order valence-corrected chi connectivity index (χ2v) is 6.10. The zero-order chi connectivity index (χ0) is 15.2. The fraction of sp³-hybridized carbons (Fsp3) is 0.429. The lowest BCUT2D eigenvalue weighted by Gasteiger charge is -2.15. The quantitative estimate of drug-likeness (QED) is 0.670. The van der Waals surface area contributed by atoms with Crippen molar-refractivity contribution in [3.8, 4) is 0 Å². The number of nitro groups is 1. The highest BCUT2D eigenvalue weighted by atomic mass is 32.2. The van der Waals surface area contributed by atoms with Crippen LogP contribution in [0, 0.1) is 16.0 Å². The monoisotopic (exact) mass is 306 g/mol. The van der Waals surface area contributed by atoms with Gasteiger partial charge in [-0.1, -0.05) is 37.7 Å². The van der Waals surface area contributed by atoms with Gasteiger partial charge in [-0.05, 0) is 12.3 Å². The number of thioether (sulfide) groups is 1. The summed E-state index contributed by atoms with van der Waals surface area (Å²) >= 11 is 1.57. The summed E-state index contributed by atoms with van der Waals surface area (Å²) in [6.45, 7) is 5.12. The number of hydrogen-bond acceptors (Lipinski definition) is 5. The van der Waals surface area contributed by atoms with Crippen LogP contribution in [0.3, 0.4) is 0 Å². The van der Waals surface area contributed by atoms with Crippen LogP contribution in [-0.4, -0.2) is 28.1 Å². The number of rotatable bonds is 5. The Kier molecular flexibility index (Phi) is 5.32. The summed E-state index contributed by atoms with van der Waals surface area (Å²) in [5.74, 6) is 1.29. The predicted octanol–water partition coefficient (Wildman–Crippen LogP) is 3.04. The summed E-state index contributed by atoms with van der Waals surface area (Å²) in [4.78, 5) is 14.8. The summed E-state index contributed by atoms with van der Waals surface area (Å²) < 4.78 is 0. The Morgan fingerprint density at radius 1 is 1.52 bits per heavy atom. The van der Waals surface area contributed by atoms with Gasteiger partial charge in [-0.15, -0.1) is 0 Å². The summed E-state index contributed by atoms with van der Waals surface area (Å²) in [5.41, 5.74) is 4.57. The standard InChI is InChI=1S/C14H18N4O2S/c1-10(2)6-7-15-14-17-16-13(9-21-14)11-4-3-5-12(8-11)18(19)20/h3-5,8,10H,6-7,9H2,1-2H3,(H,15,17). The van der Waals surface area contributed by atoms with Crippen LogP contribution in [0.2, 0.25) is 0 Å². The highest BCUT2D eigenvalue weighted by Gasteiger charge is 2.15. The molecule has 112 valence electrons. The maximum absolute atomic E-state index is 10.8. The SMILES string of the molecule is CC(C)CCN=C1NN=C(c2cccc([N+](=O)[O-])c2)CS1. The number of hydrogen-bond donors (Lipinski definition) is 1. The molecular formula is C14H18N4O2S. The van der Waals surface area contributed by atoms with E-state index < -0.39 is 4.92 Å². The van der Waals surface area contributed by atoms with E-state index in [9.17, 15) is 10.1 Å². The maximum Gasteiger partial charge on any atom is 0.270 e. The van der Waals surface area contributed by atoms with Gasteiger partial charge >= 0.3 is 0 Å². The Labute approximate surface area is 127 Å². The van der Waals surface area contributed by atoms with E-state index in [0.717, 1.165) is 29.4 Å². The lowest BCUT2D eigenvalue weighted by molar-refractivity contribution is -0.384. The smallest absolute Gasteiger partial charge is 0.261 e. The molecule has 1 N–H and O–H groups in total. The average Bonchev–Trinajstić information content (AvgIpc) is 2.48. The van der Waals surface area contributed by atoms with Crippen LogP contribution in [0.5, 0.6) is 0 Å². The fourth-order valence-corrected chi connectivity index (χ4v) is 2.57. The van der Waals surface area contributed by atoms with Crippen molar-refractivity contribution in [2.45, 2.75) is 20.3 Å². The second kappa shape index (κ2) is 7.21. The average molecular weight is 306 g/mol. The molecule has 0 atom stereocenters. The zero-order valence-corrected chi connectivity index (χ0v) is 12.9. The molecule has 1 heterocycles. The van der Waals surface area contributed by atoms with Crippen LogP contribution in [0.15, 0.2) is 34.4 Å². The molecule has 0 aromatic heterocycles. The normalized spacial score (nSPS) is 16.7. The van der Waals surface area contributed by atoms with E-state index in [2.05, 4.69) is 29.4 Å². The molecule has 0 saturated carbocycles. The number of nitrogens with zero attached hydrogens (tertiary/aromatic N) is 3. The molecular weight excluding hydrogens is 288 g/mol. The third-order valence-corrected chi connectivity index (χ3v) is 3.90. The van der Waals surface area contributed by atoms with Gasteiger partial charge in [-0.25, -0.2) is 0 Å². The molecule has 2 rings (SSSR count). The molecule has 1 aromatic carbocycles. The van der Waals surface area contributed by atoms with Gasteiger partial charge in [0.15, 0.2) is 5.17 Å². The van der Waals surface area contributed by atoms with Gasteiger partial charge in [0, 0.05) is 30.0 Å². The Morgan fingerprint density at radius 2 is 2.33 bits per heavy atom. The van der Waals surface area contributed by atoms with Crippen molar-refractivity contribution >= 4 is 28.3 Å². The van der Waals surface area contributed by atoms with Gasteiger partial charge in [0.25, 0.3) is 5.69 Å². The van der Waals surface area contributed by atoms with Crippen molar-refractivity contribution in [3.63, 3.8) is 0 Å². The summed E-state index contributed by atoms with van der Waals surface area (Å²) in [5, 5.41) is 15.9. The Morgan fingerprint density at radius 3 is 2.95 bits per heavy atom. The van der Waals surface area contributed by atoms with Crippen molar-refractivity contribution in [2.24, 2.45) is 16.0 Å². The van der Waals surface area contributed by atoms with Crippen LogP contribution in [0.25, 0.3) is 0 Å². The van der Waals surface area contributed by atoms with Crippen molar-refractivity contribution in [2.75, 3.05) is 12.3 Å². The highest BCUT2D eigenvalue weighted by Crippen LogP contribution is 2.18. The van der Waals surface area contributed by atoms with E-state index in [1.54, 1.807) is 23.9 Å². The summed E-state index contributed by atoms with van der Waals surface area (Å²) in [6.07, 6.45) is 1.05. The topological polar surface area (TPSA) is 79.9 Å². The van der Waals surface area contributed by atoms with Crippen LogP contribution < -0.4 is 5.43 Å². The molecule has 0 spiro atoms. The van der Waals surface area contributed by atoms with Gasteiger partial charge in [-0.3, -0.25) is 20.5 Å². The molecule has 0 aliphatic carbocycles. The molecule has 1 aliphatic heterocycles. The first-order valence-electron chi connectivity index (χ1n) is 6.81. The minimum Gasteiger partial charge on any atom is -0.261 e. The first kappa shape index (κ1) is 15.5. The third-order valence-electron chi connectivity index (χ3n) is 2.98. The van der Waals surface area contributed by atoms with Gasteiger partial charge in [-0.2, -0.15) is 5.10 Å². The lowest BCUT2D eigenvalue weighted by atomic mass is 10.1. The lowest BCUT2D eigenvalue weighted by Crippen LogP contribution is -2.25. The predicted molar refractivity (Wildman–Crippen MR) is 87.0 cm³/mol. The van der Waals surface area contributed by atoms with Gasteiger partial charge in [0.2, 0.25) is 0 Å². The molecule has 0 saturated heterocycles. The second-order valence-electron chi connectivity index (χ2n) is 5.14.